The maximum Gasteiger partial charge on any atom is 0.240 e. The molecule has 0 atom stereocenters. The molecule has 2 aliphatic carbocycles. The van der Waals surface area contributed by atoms with Crippen molar-refractivity contribution in [3.8, 4) is 0 Å². The average Bonchev–Trinajstić information content (AvgIpc) is 2.84. The molecule has 0 saturated heterocycles. The van der Waals surface area contributed by atoms with Crippen molar-refractivity contribution in [1.82, 2.24) is 5.32 Å². The third-order valence-electron chi connectivity index (χ3n) is 3.20. The van der Waals surface area contributed by atoms with Crippen molar-refractivity contribution >= 4 is 5.91 Å². The van der Waals surface area contributed by atoms with E-state index in [0.717, 1.165) is 38.1 Å². The van der Waals surface area contributed by atoms with Crippen LogP contribution in [0.3, 0.4) is 0 Å². The largest absolute Gasteiger partial charge is 0.354 e. The smallest absolute Gasteiger partial charge is 0.240 e. The zero-order chi connectivity index (χ0) is 9.31. The van der Waals surface area contributed by atoms with Crippen molar-refractivity contribution in [1.29, 1.82) is 0 Å². The third kappa shape index (κ3) is 2.02. The highest BCUT2D eigenvalue weighted by Gasteiger charge is 2.37. The predicted molar refractivity (Wildman–Crippen MR) is 51.1 cm³/mol. The van der Waals surface area contributed by atoms with Crippen molar-refractivity contribution < 1.29 is 4.79 Å². The second kappa shape index (κ2) is 3.29. The van der Waals surface area contributed by atoms with Gasteiger partial charge in [0.25, 0.3) is 0 Å². The topological polar surface area (TPSA) is 55.1 Å². The van der Waals surface area contributed by atoms with E-state index in [-0.39, 0.29) is 5.91 Å². The zero-order valence-electron chi connectivity index (χ0n) is 8.01. The van der Waals surface area contributed by atoms with E-state index in [0.29, 0.717) is 0 Å². The monoisotopic (exact) mass is 182 g/mol. The summed E-state index contributed by atoms with van der Waals surface area (Å²) in [5.41, 5.74) is 5.46. The van der Waals surface area contributed by atoms with Gasteiger partial charge in [-0.05, 0) is 31.6 Å². The van der Waals surface area contributed by atoms with Gasteiger partial charge in [-0.1, -0.05) is 12.8 Å². The Labute approximate surface area is 79.1 Å². The first-order valence-electron chi connectivity index (χ1n) is 5.28. The Morgan fingerprint density at radius 2 is 2.00 bits per heavy atom. The normalized spacial score (nSPS) is 25.9. The molecule has 13 heavy (non-hydrogen) atoms. The van der Waals surface area contributed by atoms with Gasteiger partial charge < -0.3 is 11.1 Å². The molecule has 3 heteroatoms. The van der Waals surface area contributed by atoms with Gasteiger partial charge in [-0.25, -0.2) is 0 Å². The average molecular weight is 182 g/mol. The Balaban J connectivity index is 1.80. The molecule has 1 amide bonds. The lowest BCUT2D eigenvalue weighted by Gasteiger charge is -2.22. The maximum atomic E-state index is 11.7. The number of rotatable bonds is 3. The number of hydrogen-bond acceptors (Lipinski definition) is 2. The van der Waals surface area contributed by atoms with Gasteiger partial charge in [-0.15, -0.1) is 0 Å². The fourth-order valence-electron chi connectivity index (χ4n) is 1.97. The molecule has 3 N–H and O–H groups in total. The molecular formula is C10H18N2O. The van der Waals surface area contributed by atoms with Crippen molar-refractivity contribution in [2.24, 2.45) is 11.7 Å². The van der Waals surface area contributed by atoms with Gasteiger partial charge in [0, 0.05) is 6.54 Å². The lowest BCUT2D eigenvalue weighted by Crippen LogP contribution is -2.52. The maximum absolute atomic E-state index is 11.7. The van der Waals surface area contributed by atoms with E-state index >= 15 is 0 Å². The number of hydrogen-bond donors (Lipinski definition) is 2. The van der Waals surface area contributed by atoms with Gasteiger partial charge in [-0.2, -0.15) is 0 Å². The number of nitrogens with two attached hydrogens (primary N) is 1. The van der Waals surface area contributed by atoms with Crippen LogP contribution in [0.2, 0.25) is 0 Å². The van der Waals surface area contributed by atoms with Crippen LogP contribution in [-0.2, 0) is 4.79 Å². The molecule has 2 rings (SSSR count). The van der Waals surface area contributed by atoms with Crippen LogP contribution < -0.4 is 11.1 Å². The summed E-state index contributed by atoms with van der Waals surface area (Å²) in [7, 11) is 0. The summed E-state index contributed by atoms with van der Waals surface area (Å²) in [6.07, 6.45) is 6.49. The van der Waals surface area contributed by atoms with E-state index in [2.05, 4.69) is 5.32 Å². The summed E-state index contributed by atoms with van der Waals surface area (Å²) in [6.45, 7) is 0.845. The van der Waals surface area contributed by atoms with Crippen molar-refractivity contribution in [2.45, 2.75) is 44.1 Å². The summed E-state index contributed by atoms with van der Waals surface area (Å²) in [5, 5.41) is 2.96. The number of carbonyl (C=O) groups excluding carboxylic acids is 1. The SMILES string of the molecule is NC1(C(=O)NCC2CC2)CCCC1. The Morgan fingerprint density at radius 1 is 1.38 bits per heavy atom. The molecule has 0 spiro atoms. The number of carbonyl (C=O) groups is 1. The molecule has 0 aromatic carbocycles. The van der Waals surface area contributed by atoms with E-state index in [1.54, 1.807) is 0 Å². The molecule has 0 radical (unpaired) electrons. The van der Waals surface area contributed by atoms with Gasteiger partial charge in [0.15, 0.2) is 0 Å². The molecule has 2 aliphatic rings. The van der Waals surface area contributed by atoms with Gasteiger partial charge in [0.05, 0.1) is 5.54 Å². The molecule has 0 unspecified atom stereocenters. The second-order valence-corrected chi connectivity index (χ2v) is 4.52. The molecule has 74 valence electrons. The highest BCUT2D eigenvalue weighted by Crippen LogP contribution is 2.29. The van der Waals surface area contributed by atoms with Gasteiger partial charge in [0.1, 0.15) is 0 Å². The van der Waals surface area contributed by atoms with Crippen LogP contribution in [0.25, 0.3) is 0 Å². The van der Waals surface area contributed by atoms with E-state index in [9.17, 15) is 4.79 Å². The Bertz CT molecular complexity index is 205. The van der Waals surface area contributed by atoms with Gasteiger partial charge in [-0.3, -0.25) is 4.79 Å². The summed E-state index contributed by atoms with van der Waals surface area (Å²) in [4.78, 5) is 11.7. The zero-order valence-corrected chi connectivity index (χ0v) is 8.01. The van der Waals surface area contributed by atoms with Gasteiger partial charge in [0.2, 0.25) is 5.91 Å². The summed E-state index contributed by atoms with van der Waals surface area (Å²) in [5.74, 6) is 0.825. The fourth-order valence-corrected chi connectivity index (χ4v) is 1.97. The molecule has 2 saturated carbocycles. The van der Waals surface area contributed by atoms with Crippen molar-refractivity contribution in [3.05, 3.63) is 0 Å². The minimum absolute atomic E-state index is 0.0805. The third-order valence-corrected chi connectivity index (χ3v) is 3.20. The highest BCUT2D eigenvalue weighted by atomic mass is 16.2. The highest BCUT2D eigenvalue weighted by molar-refractivity contribution is 5.86. The summed E-state index contributed by atoms with van der Waals surface area (Å²) in [6, 6.07) is 0. The van der Waals surface area contributed by atoms with E-state index < -0.39 is 5.54 Å². The molecule has 0 aromatic heterocycles. The lowest BCUT2D eigenvalue weighted by atomic mass is 9.98. The minimum atomic E-state index is -0.533. The molecule has 0 bridgehead atoms. The lowest BCUT2D eigenvalue weighted by molar-refractivity contribution is -0.126. The van der Waals surface area contributed by atoms with Crippen LogP contribution in [0.4, 0.5) is 0 Å². The standard InChI is InChI=1S/C10H18N2O/c11-10(5-1-2-6-10)9(13)12-7-8-3-4-8/h8H,1-7,11H2,(H,12,13). The van der Waals surface area contributed by atoms with E-state index in [4.69, 9.17) is 5.73 Å². The molecule has 0 aliphatic heterocycles. The molecule has 0 aromatic rings. The number of nitrogens with one attached hydrogen (secondary N) is 1. The van der Waals surface area contributed by atoms with Crippen LogP contribution in [0.5, 0.6) is 0 Å². The Kier molecular flexibility index (Phi) is 2.28. The van der Waals surface area contributed by atoms with Crippen molar-refractivity contribution in [2.75, 3.05) is 6.54 Å². The number of amides is 1. The summed E-state index contributed by atoms with van der Waals surface area (Å²) < 4.78 is 0. The van der Waals surface area contributed by atoms with Crippen molar-refractivity contribution in [3.63, 3.8) is 0 Å². The van der Waals surface area contributed by atoms with E-state index in [1.165, 1.54) is 12.8 Å². The van der Waals surface area contributed by atoms with Crippen LogP contribution in [0, 0.1) is 5.92 Å². The first kappa shape index (κ1) is 9.00. The van der Waals surface area contributed by atoms with Crippen LogP contribution >= 0.6 is 0 Å². The predicted octanol–water partition coefficient (Wildman–Crippen LogP) is 0.784. The van der Waals surface area contributed by atoms with Crippen LogP contribution in [0.1, 0.15) is 38.5 Å². The fraction of sp³-hybridized carbons (Fsp3) is 0.900. The second-order valence-electron chi connectivity index (χ2n) is 4.52. The minimum Gasteiger partial charge on any atom is -0.354 e. The quantitative estimate of drug-likeness (QED) is 0.678. The molecule has 0 heterocycles. The first-order chi connectivity index (χ1) is 6.21. The van der Waals surface area contributed by atoms with Gasteiger partial charge >= 0.3 is 0 Å². The Hall–Kier alpha value is -0.570. The molecular weight excluding hydrogens is 164 g/mol. The Morgan fingerprint density at radius 3 is 2.54 bits per heavy atom. The van der Waals surface area contributed by atoms with E-state index in [1.807, 2.05) is 0 Å². The molecule has 2 fully saturated rings. The van der Waals surface area contributed by atoms with Crippen LogP contribution in [-0.4, -0.2) is 18.0 Å². The first-order valence-corrected chi connectivity index (χ1v) is 5.28. The molecule has 3 nitrogen and oxygen atoms in total. The summed E-state index contributed by atoms with van der Waals surface area (Å²) >= 11 is 0. The van der Waals surface area contributed by atoms with Crippen LogP contribution in [0.15, 0.2) is 0 Å².